The van der Waals surface area contributed by atoms with Gasteiger partial charge >= 0.3 is 0 Å². The smallest absolute Gasteiger partial charge is 0.282 e. The molecule has 0 fully saturated rings. The number of nitrogens with one attached hydrogen (secondary N) is 1. The van der Waals surface area contributed by atoms with Crippen LogP contribution in [0, 0.1) is 21.4 Å². The second kappa shape index (κ2) is 7.76. The van der Waals surface area contributed by atoms with Crippen molar-refractivity contribution in [2.75, 3.05) is 0 Å². The van der Waals surface area contributed by atoms with Gasteiger partial charge in [0.25, 0.3) is 11.6 Å². The van der Waals surface area contributed by atoms with E-state index in [2.05, 4.69) is 16.6 Å². The third-order valence-electron chi connectivity index (χ3n) is 3.64. The molecule has 0 aliphatic heterocycles. The number of nitro groups is 1. The van der Waals surface area contributed by atoms with Gasteiger partial charge in [0, 0.05) is 11.6 Å². The highest BCUT2D eigenvalue weighted by molar-refractivity contribution is 5.98. The quantitative estimate of drug-likeness (QED) is 0.424. The van der Waals surface area contributed by atoms with E-state index in [0.29, 0.717) is 22.6 Å². The van der Waals surface area contributed by atoms with E-state index in [0.717, 1.165) is 0 Å². The number of amides is 1. The number of nitriles is 1. The second-order valence-corrected chi connectivity index (χ2v) is 5.33. The molecule has 3 aromatic rings. The maximum Gasteiger partial charge on any atom is 0.282 e. The minimum Gasteiger partial charge on any atom is -0.455 e. The van der Waals surface area contributed by atoms with Crippen molar-refractivity contribution >= 4 is 17.8 Å². The lowest BCUT2D eigenvalue weighted by Crippen LogP contribution is -2.18. The molecule has 0 saturated carbocycles. The van der Waals surface area contributed by atoms with Crippen LogP contribution >= 0.6 is 0 Å². The Balaban J connectivity index is 1.73. The first kappa shape index (κ1) is 17.6. The Morgan fingerprint density at radius 2 is 1.89 bits per heavy atom. The standard InChI is InChI=1S/C19H12N4O4/c20-11-13-5-1-2-6-15(13)18-10-9-14(27-18)12-21-22-19(24)16-7-3-4-8-17(16)23(25)26/h1-10,12H,(H,22,24)/b21-12-. The SMILES string of the molecule is N#Cc1ccccc1-c1ccc(/C=N\NC(=O)c2ccccc2[N+](=O)[O-])o1. The Labute approximate surface area is 153 Å². The molecule has 1 amide bonds. The maximum atomic E-state index is 12.1. The lowest BCUT2D eigenvalue weighted by atomic mass is 10.1. The number of hydrogen-bond acceptors (Lipinski definition) is 6. The van der Waals surface area contributed by atoms with Crippen LogP contribution in [0.2, 0.25) is 0 Å². The van der Waals surface area contributed by atoms with Crippen molar-refractivity contribution < 1.29 is 14.1 Å². The Bertz CT molecular complexity index is 1080. The van der Waals surface area contributed by atoms with Gasteiger partial charge in [-0.3, -0.25) is 14.9 Å². The van der Waals surface area contributed by atoms with E-state index in [-0.39, 0.29) is 11.3 Å². The molecule has 0 atom stereocenters. The predicted octanol–water partition coefficient (Wildman–Crippen LogP) is 3.49. The van der Waals surface area contributed by atoms with E-state index in [9.17, 15) is 14.9 Å². The fourth-order valence-corrected chi connectivity index (χ4v) is 2.40. The maximum absolute atomic E-state index is 12.1. The lowest BCUT2D eigenvalue weighted by molar-refractivity contribution is -0.385. The number of carbonyl (C=O) groups excluding carboxylic acids is 1. The molecule has 8 heteroatoms. The molecule has 1 heterocycles. The minimum absolute atomic E-state index is 0.0947. The summed E-state index contributed by atoms with van der Waals surface area (Å²) in [4.78, 5) is 22.4. The molecule has 0 aliphatic carbocycles. The molecule has 0 unspecified atom stereocenters. The molecule has 0 spiro atoms. The molecule has 3 rings (SSSR count). The number of benzene rings is 2. The summed E-state index contributed by atoms with van der Waals surface area (Å²) in [5, 5.41) is 23.9. The van der Waals surface area contributed by atoms with Gasteiger partial charge in [0.2, 0.25) is 0 Å². The van der Waals surface area contributed by atoms with Crippen LogP contribution in [-0.4, -0.2) is 17.0 Å². The van der Waals surface area contributed by atoms with Gasteiger partial charge in [-0.15, -0.1) is 0 Å². The van der Waals surface area contributed by atoms with Crippen molar-refractivity contribution in [1.82, 2.24) is 5.43 Å². The number of hydrazone groups is 1. The zero-order chi connectivity index (χ0) is 19.2. The predicted molar refractivity (Wildman–Crippen MR) is 97.0 cm³/mol. The Kier molecular flexibility index (Phi) is 5.05. The molecule has 1 N–H and O–H groups in total. The van der Waals surface area contributed by atoms with Gasteiger partial charge in [-0.25, -0.2) is 5.43 Å². The van der Waals surface area contributed by atoms with Crippen molar-refractivity contribution in [3.05, 3.63) is 87.7 Å². The lowest BCUT2D eigenvalue weighted by Gasteiger charge is -2.00. The van der Waals surface area contributed by atoms with Crippen LogP contribution in [0.3, 0.4) is 0 Å². The highest BCUT2D eigenvalue weighted by Gasteiger charge is 2.18. The molecule has 8 nitrogen and oxygen atoms in total. The van der Waals surface area contributed by atoms with Gasteiger partial charge in [0.15, 0.2) is 0 Å². The molecule has 132 valence electrons. The number of carbonyl (C=O) groups is 1. The number of nitro benzene ring substituents is 1. The summed E-state index contributed by atoms with van der Waals surface area (Å²) < 4.78 is 5.60. The molecule has 0 radical (unpaired) electrons. The average molecular weight is 360 g/mol. The van der Waals surface area contributed by atoms with Gasteiger partial charge in [-0.2, -0.15) is 10.4 Å². The summed E-state index contributed by atoms with van der Waals surface area (Å²) in [6.45, 7) is 0. The monoisotopic (exact) mass is 360 g/mol. The van der Waals surface area contributed by atoms with Crippen LogP contribution in [0.15, 0.2) is 70.2 Å². The zero-order valence-electron chi connectivity index (χ0n) is 13.8. The van der Waals surface area contributed by atoms with Gasteiger partial charge in [0.05, 0.1) is 22.8 Å². The second-order valence-electron chi connectivity index (χ2n) is 5.33. The number of nitrogens with zero attached hydrogens (tertiary/aromatic N) is 3. The fourth-order valence-electron chi connectivity index (χ4n) is 2.40. The first-order chi connectivity index (χ1) is 13.1. The van der Waals surface area contributed by atoms with Gasteiger partial charge < -0.3 is 4.42 Å². The van der Waals surface area contributed by atoms with Crippen LogP contribution in [0.5, 0.6) is 0 Å². The van der Waals surface area contributed by atoms with Crippen LogP contribution in [-0.2, 0) is 0 Å². The van der Waals surface area contributed by atoms with E-state index >= 15 is 0 Å². The highest BCUT2D eigenvalue weighted by Crippen LogP contribution is 2.24. The topological polar surface area (TPSA) is 122 Å². The van der Waals surface area contributed by atoms with Crippen molar-refractivity contribution in [3.8, 4) is 17.4 Å². The van der Waals surface area contributed by atoms with Crippen molar-refractivity contribution in [3.63, 3.8) is 0 Å². The number of rotatable bonds is 5. The molecule has 1 aromatic heterocycles. The fraction of sp³-hybridized carbons (Fsp3) is 0. The van der Waals surface area contributed by atoms with Crippen LogP contribution in [0.4, 0.5) is 5.69 Å². The van der Waals surface area contributed by atoms with Crippen molar-refractivity contribution in [2.45, 2.75) is 0 Å². The summed E-state index contributed by atoms with van der Waals surface area (Å²) >= 11 is 0. The summed E-state index contributed by atoms with van der Waals surface area (Å²) in [6, 6.07) is 18.0. The van der Waals surface area contributed by atoms with E-state index in [1.807, 2.05) is 0 Å². The van der Waals surface area contributed by atoms with E-state index in [1.165, 1.54) is 30.5 Å². The van der Waals surface area contributed by atoms with Crippen LogP contribution in [0.1, 0.15) is 21.7 Å². The first-order valence-corrected chi connectivity index (χ1v) is 7.76. The normalized spacial score (nSPS) is 10.5. The molecule has 2 aromatic carbocycles. The summed E-state index contributed by atoms with van der Waals surface area (Å²) in [5.74, 6) is 0.124. The van der Waals surface area contributed by atoms with E-state index < -0.39 is 10.8 Å². The van der Waals surface area contributed by atoms with Gasteiger partial charge in [0.1, 0.15) is 17.1 Å². The minimum atomic E-state index is -0.708. The molecule has 0 saturated heterocycles. The summed E-state index contributed by atoms with van der Waals surface area (Å²) in [7, 11) is 0. The van der Waals surface area contributed by atoms with Crippen LogP contribution < -0.4 is 5.43 Å². The van der Waals surface area contributed by atoms with Crippen molar-refractivity contribution in [1.29, 1.82) is 5.26 Å². The Morgan fingerprint density at radius 3 is 2.67 bits per heavy atom. The van der Waals surface area contributed by atoms with E-state index in [4.69, 9.17) is 9.68 Å². The molecular weight excluding hydrogens is 348 g/mol. The highest BCUT2D eigenvalue weighted by atomic mass is 16.6. The number of furan rings is 1. The number of para-hydroxylation sites is 1. The molecule has 0 bridgehead atoms. The number of hydrogen-bond donors (Lipinski definition) is 1. The van der Waals surface area contributed by atoms with Gasteiger partial charge in [-0.05, 0) is 30.3 Å². The molecular formula is C19H12N4O4. The summed E-state index contributed by atoms with van der Waals surface area (Å²) in [6.07, 6.45) is 1.27. The first-order valence-electron chi connectivity index (χ1n) is 7.76. The Morgan fingerprint density at radius 1 is 1.15 bits per heavy atom. The third-order valence-corrected chi connectivity index (χ3v) is 3.64. The average Bonchev–Trinajstić information content (AvgIpc) is 3.16. The van der Waals surface area contributed by atoms with Crippen LogP contribution in [0.25, 0.3) is 11.3 Å². The van der Waals surface area contributed by atoms with Gasteiger partial charge in [-0.1, -0.05) is 24.3 Å². The van der Waals surface area contributed by atoms with E-state index in [1.54, 1.807) is 36.4 Å². The molecule has 0 aliphatic rings. The third kappa shape index (κ3) is 3.88. The molecule has 27 heavy (non-hydrogen) atoms. The largest absolute Gasteiger partial charge is 0.455 e. The summed E-state index contributed by atoms with van der Waals surface area (Å²) in [5.41, 5.74) is 2.94. The zero-order valence-corrected chi connectivity index (χ0v) is 13.8. The van der Waals surface area contributed by atoms with Crippen molar-refractivity contribution in [2.24, 2.45) is 5.10 Å². The Hall–Kier alpha value is -4.25.